The summed E-state index contributed by atoms with van der Waals surface area (Å²) in [7, 11) is 0. The molecule has 1 N–H and O–H groups in total. The molecule has 0 aliphatic carbocycles. The number of ether oxygens (including phenoxy) is 3. The topological polar surface area (TPSA) is 56.8 Å². The monoisotopic (exact) mass is 361 g/mol. The van der Waals surface area contributed by atoms with Crippen molar-refractivity contribution in [2.75, 3.05) is 13.2 Å². The molecule has 5 nitrogen and oxygen atoms in total. The molecular formula is C19H20ClNO4. The molecule has 0 aromatic heterocycles. The number of halogens is 1. The van der Waals surface area contributed by atoms with E-state index in [1.807, 2.05) is 37.3 Å². The lowest BCUT2D eigenvalue weighted by Gasteiger charge is -2.20. The molecule has 1 amide bonds. The molecule has 0 bridgehead atoms. The highest BCUT2D eigenvalue weighted by Gasteiger charge is 2.18. The predicted octanol–water partition coefficient (Wildman–Crippen LogP) is 3.50. The van der Waals surface area contributed by atoms with Crippen molar-refractivity contribution >= 4 is 17.5 Å². The Kier molecular flexibility index (Phi) is 5.34. The number of benzene rings is 2. The second-order valence-electron chi connectivity index (χ2n) is 5.90. The van der Waals surface area contributed by atoms with E-state index in [2.05, 4.69) is 5.32 Å². The van der Waals surface area contributed by atoms with Crippen LogP contribution in [0.2, 0.25) is 5.02 Å². The molecule has 1 aliphatic heterocycles. The predicted molar refractivity (Wildman–Crippen MR) is 95.6 cm³/mol. The van der Waals surface area contributed by atoms with Gasteiger partial charge in [0, 0.05) is 6.54 Å². The van der Waals surface area contributed by atoms with E-state index in [1.54, 1.807) is 13.0 Å². The lowest BCUT2D eigenvalue weighted by Crippen LogP contribution is -2.35. The third-order valence-electron chi connectivity index (χ3n) is 3.79. The van der Waals surface area contributed by atoms with Gasteiger partial charge in [0.1, 0.15) is 19.0 Å². The number of carbonyl (C=O) groups is 1. The highest BCUT2D eigenvalue weighted by molar-refractivity contribution is 6.32. The van der Waals surface area contributed by atoms with Crippen molar-refractivity contribution < 1.29 is 19.0 Å². The Morgan fingerprint density at radius 2 is 2.08 bits per heavy atom. The molecule has 0 spiro atoms. The SMILES string of the molecule is Cc1cccc(OC(C)C(=O)NCc2cc(Cl)c3c(c2)OCCO3)c1. The Morgan fingerprint density at radius 1 is 1.28 bits per heavy atom. The van der Waals surface area contributed by atoms with E-state index >= 15 is 0 Å². The number of nitrogens with one attached hydrogen (secondary N) is 1. The Bertz CT molecular complexity index is 778. The largest absolute Gasteiger partial charge is 0.486 e. The number of aryl methyl sites for hydroxylation is 1. The van der Waals surface area contributed by atoms with Gasteiger partial charge in [0.05, 0.1) is 5.02 Å². The van der Waals surface area contributed by atoms with E-state index in [1.165, 1.54) is 0 Å². The van der Waals surface area contributed by atoms with Crippen molar-refractivity contribution in [2.45, 2.75) is 26.5 Å². The minimum absolute atomic E-state index is 0.201. The molecule has 1 unspecified atom stereocenters. The highest BCUT2D eigenvalue weighted by atomic mass is 35.5. The third-order valence-corrected chi connectivity index (χ3v) is 4.08. The van der Waals surface area contributed by atoms with Gasteiger partial charge in [-0.15, -0.1) is 0 Å². The molecule has 1 aliphatic rings. The maximum Gasteiger partial charge on any atom is 0.261 e. The van der Waals surface area contributed by atoms with Gasteiger partial charge in [0.2, 0.25) is 0 Å². The fraction of sp³-hybridized carbons (Fsp3) is 0.316. The van der Waals surface area contributed by atoms with Crippen LogP contribution in [0, 0.1) is 6.92 Å². The molecule has 1 atom stereocenters. The van der Waals surface area contributed by atoms with Crippen LogP contribution < -0.4 is 19.5 Å². The fourth-order valence-corrected chi connectivity index (χ4v) is 2.83. The summed E-state index contributed by atoms with van der Waals surface area (Å²) in [5.41, 5.74) is 1.92. The number of hydrogen-bond acceptors (Lipinski definition) is 4. The van der Waals surface area contributed by atoms with Gasteiger partial charge in [-0.1, -0.05) is 23.7 Å². The summed E-state index contributed by atoms with van der Waals surface area (Å²) in [6.45, 7) is 4.99. The summed E-state index contributed by atoms with van der Waals surface area (Å²) in [6, 6.07) is 11.2. The molecule has 1 heterocycles. The van der Waals surface area contributed by atoms with Crippen LogP contribution in [0.3, 0.4) is 0 Å². The molecule has 2 aromatic carbocycles. The molecule has 6 heteroatoms. The van der Waals surface area contributed by atoms with E-state index in [0.717, 1.165) is 11.1 Å². The summed E-state index contributed by atoms with van der Waals surface area (Å²) in [5, 5.41) is 3.33. The van der Waals surface area contributed by atoms with Crippen LogP contribution >= 0.6 is 11.6 Å². The van der Waals surface area contributed by atoms with Gasteiger partial charge in [-0.3, -0.25) is 4.79 Å². The van der Waals surface area contributed by atoms with E-state index in [4.69, 9.17) is 25.8 Å². The van der Waals surface area contributed by atoms with E-state index in [9.17, 15) is 4.79 Å². The average Bonchev–Trinajstić information content (AvgIpc) is 2.59. The van der Waals surface area contributed by atoms with Crippen molar-refractivity contribution in [3.05, 3.63) is 52.5 Å². The van der Waals surface area contributed by atoms with Gasteiger partial charge in [-0.2, -0.15) is 0 Å². The van der Waals surface area contributed by atoms with Gasteiger partial charge >= 0.3 is 0 Å². The first-order chi connectivity index (χ1) is 12.0. The zero-order valence-corrected chi connectivity index (χ0v) is 14.9. The van der Waals surface area contributed by atoms with Crippen LogP contribution in [-0.2, 0) is 11.3 Å². The number of hydrogen-bond donors (Lipinski definition) is 1. The molecule has 0 radical (unpaired) electrons. The van der Waals surface area contributed by atoms with Crippen LogP contribution in [0.4, 0.5) is 0 Å². The smallest absolute Gasteiger partial charge is 0.261 e. The molecule has 0 saturated carbocycles. The van der Waals surface area contributed by atoms with Crippen molar-refractivity contribution in [1.29, 1.82) is 0 Å². The van der Waals surface area contributed by atoms with Gasteiger partial charge in [0.25, 0.3) is 5.91 Å². The summed E-state index contributed by atoms with van der Waals surface area (Å²) < 4.78 is 16.7. The van der Waals surface area contributed by atoms with Crippen LogP contribution in [0.15, 0.2) is 36.4 Å². The Labute approximate surface area is 151 Å². The number of rotatable bonds is 5. The molecular weight excluding hydrogens is 342 g/mol. The number of fused-ring (bicyclic) bond motifs is 1. The number of amides is 1. The Balaban J connectivity index is 1.59. The standard InChI is InChI=1S/C19H20ClNO4/c1-12-4-3-5-15(8-12)25-13(2)19(22)21-11-14-9-16(20)18-17(10-14)23-6-7-24-18/h3-5,8-10,13H,6-7,11H2,1-2H3,(H,21,22). The highest BCUT2D eigenvalue weighted by Crippen LogP contribution is 2.38. The quantitative estimate of drug-likeness (QED) is 0.885. The normalized spacial score (nSPS) is 13.9. The van der Waals surface area contributed by atoms with Crippen LogP contribution in [0.5, 0.6) is 17.2 Å². The van der Waals surface area contributed by atoms with E-state index in [0.29, 0.717) is 42.0 Å². The maximum atomic E-state index is 12.3. The summed E-state index contributed by atoms with van der Waals surface area (Å²) in [4.78, 5) is 12.3. The van der Waals surface area contributed by atoms with Crippen LogP contribution in [0.25, 0.3) is 0 Å². The zero-order valence-electron chi connectivity index (χ0n) is 14.2. The van der Waals surface area contributed by atoms with Crippen LogP contribution in [0.1, 0.15) is 18.1 Å². The number of carbonyl (C=O) groups excluding carboxylic acids is 1. The zero-order chi connectivity index (χ0) is 17.8. The van der Waals surface area contributed by atoms with E-state index < -0.39 is 6.10 Å². The van der Waals surface area contributed by atoms with Gasteiger partial charge < -0.3 is 19.5 Å². The summed E-state index contributed by atoms with van der Waals surface area (Å²) in [6.07, 6.45) is -0.602. The second kappa shape index (κ2) is 7.66. The van der Waals surface area contributed by atoms with Gasteiger partial charge in [-0.25, -0.2) is 0 Å². The Morgan fingerprint density at radius 3 is 2.88 bits per heavy atom. The third kappa shape index (κ3) is 4.37. The van der Waals surface area contributed by atoms with E-state index in [-0.39, 0.29) is 5.91 Å². The summed E-state index contributed by atoms with van der Waals surface area (Å²) >= 11 is 6.20. The molecule has 25 heavy (non-hydrogen) atoms. The molecule has 3 rings (SSSR count). The fourth-order valence-electron chi connectivity index (χ4n) is 2.55. The first-order valence-corrected chi connectivity index (χ1v) is 8.50. The second-order valence-corrected chi connectivity index (χ2v) is 6.30. The molecule has 0 saturated heterocycles. The van der Waals surface area contributed by atoms with Gasteiger partial charge in [0.15, 0.2) is 17.6 Å². The van der Waals surface area contributed by atoms with Gasteiger partial charge in [-0.05, 0) is 49.2 Å². The minimum atomic E-state index is -0.602. The molecule has 132 valence electrons. The lowest BCUT2D eigenvalue weighted by atomic mass is 10.2. The van der Waals surface area contributed by atoms with Crippen LogP contribution in [-0.4, -0.2) is 25.2 Å². The summed E-state index contributed by atoms with van der Waals surface area (Å²) in [5.74, 6) is 1.63. The average molecular weight is 362 g/mol. The van der Waals surface area contributed by atoms with Crippen molar-refractivity contribution in [2.24, 2.45) is 0 Å². The lowest BCUT2D eigenvalue weighted by molar-refractivity contribution is -0.127. The molecule has 2 aromatic rings. The first kappa shape index (κ1) is 17.4. The van der Waals surface area contributed by atoms with Crippen molar-refractivity contribution in [3.63, 3.8) is 0 Å². The minimum Gasteiger partial charge on any atom is -0.486 e. The Hall–Kier alpha value is -2.40. The first-order valence-electron chi connectivity index (χ1n) is 8.12. The maximum absolute atomic E-state index is 12.3. The van der Waals surface area contributed by atoms with Crippen molar-refractivity contribution in [3.8, 4) is 17.2 Å². The van der Waals surface area contributed by atoms with Crippen molar-refractivity contribution in [1.82, 2.24) is 5.32 Å². The molecule has 0 fully saturated rings.